The van der Waals surface area contributed by atoms with Crippen LogP contribution in [0.2, 0.25) is 0 Å². The Morgan fingerprint density at radius 2 is 1.84 bits per heavy atom. The largest absolute Gasteiger partial charge is 0.496 e. The number of amides is 1. The zero-order chi connectivity index (χ0) is 22.0. The van der Waals surface area contributed by atoms with Gasteiger partial charge < -0.3 is 24.6 Å². The van der Waals surface area contributed by atoms with E-state index in [2.05, 4.69) is 0 Å². The van der Waals surface area contributed by atoms with E-state index in [0.717, 1.165) is 36.9 Å². The van der Waals surface area contributed by atoms with E-state index in [1.807, 2.05) is 24.3 Å². The van der Waals surface area contributed by atoms with Gasteiger partial charge in [-0.25, -0.2) is 4.79 Å². The van der Waals surface area contributed by atoms with Crippen LogP contribution < -0.4 is 14.4 Å². The minimum Gasteiger partial charge on any atom is -0.496 e. The number of rotatable bonds is 6. The van der Waals surface area contributed by atoms with Gasteiger partial charge in [-0.15, -0.1) is 0 Å². The van der Waals surface area contributed by atoms with Crippen LogP contribution in [-0.2, 0) is 4.79 Å². The number of hydrogen-bond donors (Lipinski definition) is 2. The molecule has 1 aliphatic carbocycles. The van der Waals surface area contributed by atoms with Crippen molar-refractivity contribution in [3.63, 3.8) is 0 Å². The predicted octanol–water partition coefficient (Wildman–Crippen LogP) is 3.60. The van der Waals surface area contributed by atoms with E-state index < -0.39 is 12.1 Å². The maximum atomic E-state index is 12.7. The van der Waals surface area contributed by atoms with Crippen LogP contribution in [0.15, 0.2) is 42.5 Å². The molecular formula is C24H27NO6. The fourth-order valence-electron chi connectivity index (χ4n) is 4.41. The summed E-state index contributed by atoms with van der Waals surface area (Å²) in [4.78, 5) is 25.7. The fraction of sp³-hybridized carbons (Fsp3) is 0.417. The molecule has 0 bridgehead atoms. The summed E-state index contributed by atoms with van der Waals surface area (Å²) in [5.41, 5.74) is 1.77. The van der Waals surface area contributed by atoms with Crippen LogP contribution in [0.25, 0.3) is 0 Å². The Morgan fingerprint density at radius 1 is 1.10 bits per heavy atom. The summed E-state index contributed by atoms with van der Waals surface area (Å²) in [6, 6.07) is 12.4. The van der Waals surface area contributed by atoms with Gasteiger partial charge in [0.15, 0.2) is 0 Å². The van der Waals surface area contributed by atoms with Crippen molar-refractivity contribution in [3.8, 4) is 11.5 Å². The van der Waals surface area contributed by atoms with E-state index in [4.69, 9.17) is 9.47 Å². The number of aliphatic hydroxyl groups excluding tert-OH is 1. The molecule has 2 aliphatic rings. The van der Waals surface area contributed by atoms with E-state index in [-0.39, 0.29) is 23.5 Å². The summed E-state index contributed by atoms with van der Waals surface area (Å²) in [6.45, 7) is 0.510. The highest BCUT2D eigenvalue weighted by atomic mass is 16.5. The smallest absolute Gasteiger partial charge is 0.339 e. The molecule has 0 spiro atoms. The van der Waals surface area contributed by atoms with Gasteiger partial charge in [0, 0.05) is 24.6 Å². The molecule has 2 N–H and O–H groups in total. The molecular weight excluding hydrogens is 398 g/mol. The topological polar surface area (TPSA) is 96.3 Å². The average Bonchev–Trinajstić information content (AvgIpc) is 3.17. The third kappa shape index (κ3) is 4.51. The lowest BCUT2D eigenvalue weighted by Gasteiger charge is -2.28. The molecule has 0 radical (unpaired) electrons. The van der Waals surface area contributed by atoms with Gasteiger partial charge in [0.05, 0.1) is 13.2 Å². The molecule has 4 rings (SSSR count). The van der Waals surface area contributed by atoms with Gasteiger partial charge >= 0.3 is 5.97 Å². The molecule has 1 heterocycles. The van der Waals surface area contributed by atoms with Crippen LogP contribution in [0.3, 0.4) is 0 Å². The van der Waals surface area contributed by atoms with E-state index >= 15 is 0 Å². The molecule has 3 unspecified atom stereocenters. The van der Waals surface area contributed by atoms with Crippen LogP contribution >= 0.6 is 0 Å². The highest BCUT2D eigenvalue weighted by molar-refractivity contribution is 5.96. The summed E-state index contributed by atoms with van der Waals surface area (Å²) in [6.07, 6.45) is 3.44. The number of carbonyl (C=O) groups excluding carboxylic acids is 1. The number of carboxylic acid groups (broad SMARTS) is 1. The SMILES string of the molecule is COc1cc(C2CC(=O)N(c3ccc(OC4CCCCC4O)cc3)C2)ccc1C(=O)O. The second-order valence-corrected chi connectivity index (χ2v) is 8.17. The maximum absolute atomic E-state index is 12.7. The Kier molecular flexibility index (Phi) is 6.13. The van der Waals surface area contributed by atoms with E-state index in [9.17, 15) is 19.8 Å². The number of nitrogens with zero attached hydrogens (tertiary/aromatic N) is 1. The van der Waals surface area contributed by atoms with Crippen molar-refractivity contribution >= 4 is 17.6 Å². The van der Waals surface area contributed by atoms with Crippen molar-refractivity contribution in [2.24, 2.45) is 0 Å². The minimum atomic E-state index is -1.05. The summed E-state index contributed by atoms with van der Waals surface area (Å²) in [5.74, 6) is -0.0926. The molecule has 2 aromatic carbocycles. The highest BCUT2D eigenvalue weighted by Gasteiger charge is 2.32. The van der Waals surface area contributed by atoms with Crippen LogP contribution in [0.4, 0.5) is 5.69 Å². The first-order valence-corrected chi connectivity index (χ1v) is 10.6. The number of carboxylic acids is 1. The lowest BCUT2D eigenvalue weighted by molar-refractivity contribution is -0.117. The molecule has 1 saturated heterocycles. The number of aromatic carboxylic acids is 1. The monoisotopic (exact) mass is 425 g/mol. The Morgan fingerprint density at radius 3 is 2.52 bits per heavy atom. The lowest BCUT2D eigenvalue weighted by atomic mass is 9.95. The van der Waals surface area contributed by atoms with Gasteiger partial charge in [0.2, 0.25) is 5.91 Å². The van der Waals surface area contributed by atoms with E-state index in [0.29, 0.717) is 24.5 Å². The third-order valence-corrected chi connectivity index (χ3v) is 6.16. The zero-order valence-corrected chi connectivity index (χ0v) is 17.5. The van der Waals surface area contributed by atoms with Crippen LogP contribution in [0, 0.1) is 0 Å². The van der Waals surface area contributed by atoms with Crippen molar-refractivity contribution in [3.05, 3.63) is 53.6 Å². The van der Waals surface area contributed by atoms with Crippen molar-refractivity contribution in [2.45, 2.75) is 50.2 Å². The first kappa shape index (κ1) is 21.2. The second kappa shape index (κ2) is 8.98. The molecule has 1 saturated carbocycles. The Balaban J connectivity index is 1.45. The standard InChI is InChI=1S/C24H27NO6/c1-30-22-12-15(6-11-19(22)24(28)29)16-13-23(27)25(14-16)17-7-9-18(10-8-17)31-21-5-3-2-4-20(21)26/h6-12,16,20-21,26H,2-5,13-14H2,1H3,(H,28,29). The highest BCUT2D eigenvalue weighted by Crippen LogP contribution is 2.35. The molecule has 2 aromatic rings. The number of methoxy groups -OCH3 is 1. The summed E-state index contributed by atoms with van der Waals surface area (Å²) < 4.78 is 11.2. The van der Waals surface area contributed by atoms with Gasteiger partial charge in [-0.1, -0.05) is 12.5 Å². The van der Waals surface area contributed by atoms with E-state index in [1.165, 1.54) is 13.2 Å². The quantitative estimate of drug-likeness (QED) is 0.734. The lowest BCUT2D eigenvalue weighted by Crippen LogP contribution is -2.34. The molecule has 1 amide bonds. The molecule has 3 atom stereocenters. The molecule has 0 aromatic heterocycles. The van der Waals surface area contributed by atoms with Crippen molar-refractivity contribution in [1.29, 1.82) is 0 Å². The van der Waals surface area contributed by atoms with Gasteiger partial charge in [-0.3, -0.25) is 4.79 Å². The van der Waals surface area contributed by atoms with Gasteiger partial charge in [0.1, 0.15) is 23.2 Å². The summed E-state index contributed by atoms with van der Waals surface area (Å²) >= 11 is 0. The Hall–Kier alpha value is -3.06. The zero-order valence-electron chi connectivity index (χ0n) is 17.5. The van der Waals surface area contributed by atoms with Crippen molar-refractivity contribution < 1.29 is 29.3 Å². The normalized spacial score (nSPS) is 23.6. The van der Waals surface area contributed by atoms with E-state index in [1.54, 1.807) is 17.0 Å². The number of anilines is 1. The number of hydrogen-bond acceptors (Lipinski definition) is 5. The van der Waals surface area contributed by atoms with Gasteiger partial charge in [0.25, 0.3) is 0 Å². The molecule has 164 valence electrons. The van der Waals surface area contributed by atoms with Crippen LogP contribution in [-0.4, -0.2) is 48.0 Å². The Labute approximate surface area is 181 Å². The minimum absolute atomic E-state index is 0.0163. The number of aliphatic hydroxyl groups is 1. The molecule has 2 fully saturated rings. The van der Waals surface area contributed by atoms with Gasteiger partial charge in [-0.05, 0) is 61.2 Å². The predicted molar refractivity (Wildman–Crippen MR) is 115 cm³/mol. The first-order chi connectivity index (χ1) is 15.0. The Bertz CT molecular complexity index is 957. The second-order valence-electron chi connectivity index (χ2n) is 8.17. The first-order valence-electron chi connectivity index (χ1n) is 10.6. The molecule has 31 heavy (non-hydrogen) atoms. The maximum Gasteiger partial charge on any atom is 0.339 e. The average molecular weight is 425 g/mol. The summed E-state index contributed by atoms with van der Waals surface area (Å²) in [7, 11) is 1.44. The van der Waals surface area contributed by atoms with Gasteiger partial charge in [-0.2, -0.15) is 0 Å². The number of carbonyl (C=O) groups is 2. The molecule has 7 heteroatoms. The summed E-state index contributed by atoms with van der Waals surface area (Å²) in [5, 5.41) is 19.4. The number of ether oxygens (including phenoxy) is 2. The van der Waals surface area contributed by atoms with Crippen molar-refractivity contribution in [2.75, 3.05) is 18.6 Å². The molecule has 7 nitrogen and oxygen atoms in total. The number of benzene rings is 2. The third-order valence-electron chi connectivity index (χ3n) is 6.16. The van der Waals surface area contributed by atoms with Crippen molar-refractivity contribution in [1.82, 2.24) is 0 Å². The van der Waals surface area contributed by atoms with Crippen LogP contribution in [0.1, 0.15) is 53.9 Å². The molecule has 1 aliphatic heterocycles. The van der Waals surface area contributed by atoms with Crippen LogP contribution in [0.5, 0.6) is 11.5 Å². The fourth-order valence-corrected chi connectivity index (χ4v) is 4.41.